The minimum absolute atomic E-state index is 0.0439. The summed E-state index contributed by atoms with van der Waals surface area (Å²) in [5.41, 5.74) is 3.90. The number of aliphatic hydroxyl groups is 1. The Morgan fingerprint density at radius 1 is 0.932 bits per heavy atom. The molecule has 4 N–H and O–H groups in total. The zero-order valence-electron chi connectivity index (χ0n) is 23.8. The van der Waals surface area contributed by atoms with Crippen molar-refractivity contribution in [3.05, 3.63) is 89.5 Å². The van der Waals surface area contributed by atoms with Crippen molar-refractivity contribution in [1.29, 1.82) is 0 Å². The maximum absolute atomic E-state index is 12.3. The van der Waals surface area contributed by atoms with Gasteiger partial charge in [-0.15, -0.1) is 5.10 Å². The number of anilines is 1. The molecule has 0 spiro atoms. The van der Waals surface area contributed by atoms with Crippen LogP contribution in [0.4, 0.5) is 5.69 Å². The topological polar surface area (TPSA) is 169 Å². The van der Waals surface area contributed by atoms with Gasteiger partial charge in [0, 0.05) is 36.3 Å². The Morgan fingerprint density at radius 2 is 1.64 bits per heavy atom. The number of amides is 1. The molecule has 1 fully saturated rings. The van der Waals surface area contributed by atoms with E-state index in [1.54, 1.807) is 41.1 Å². The predicted octanol–water partition coefficient (Wildman–Crippen LogP) is 4.78. The van der Waals surface area contributed by atoms with Crippen molar-refractivity contribution < 1.29 is 34.4 Å². The number of aromatic hydroxyl groups is 1. The highest BCUT2D eigenvalue weighted by Gasteiger charge is 2.32. The number of aliphatic carboxylic acids is 1. The number of benzene rings is 3. The van der Waals surface area contributed by atoms with E-state index in [0.29, 0.717) is 35.9 Å². The summed E-state index contributed by atoms with van der Waals surface area (Å²) in [4.78, 5) is 22.9. The Morgan fingerprint density at radius 3 is 2.34 bits per heavy atom. The SMILES string of the molecule is O=C(O)CCCCC(=O)Nc1ccc([C@H]2O[C@@H](CSc3nnnn3-c3ccc(O)cc3)C[C@@H](c3ccc(CO)cc3)O2)cc1. The minimum atomic E-state index is -0.868. The molecule has 3 aromatic carbocycles. The van der Waals surface area contributed by atoms with Gasteiger partial charge in [-0.2, -0.15) is 4.68 Å². The average molecular weight is 620 g/mol. The van der Waals surface area contributed by atoms with E-state index in [2.05, 4.69) is 20.8 Å². The second-order valence-electron chi connectivity index (χ2n) is 10.3. The standard InChI is InChI=1S/C31H33N5O7S/c37-18-20-5-7-21(8-6-20)27-17-26(19-44-31-33-34-35-36(31)24-13-15-25(38)16-14-24)42-30(43-27)22-9-11-23(12-10-22)32-28(39)3-1-2-4-29(40)41/h5-16,26-27,30,37-38H,1-4,17-19H2,(H,32,39)(H,40,41)/t26-,27+,30+/m1/s1. The van der Waals surface area contributed by atoms with Gasteiger partial charge in [-0.25, -0.2) is 0 Å². The fourth-order valence-corrected chi connectivity index (χ4v) is 5.63. The largest absolute Gasteiger partial charge is 0.508 e. The van der Waals surface area contributed by atoms with Crippen LogP contribution in [0.2, 0.25) is 0 Å². The number of nitrogens with zero attached hydrogens (tertiary/aromatic N) is 4. The first-order valence-corrected chi connectivity index (χ1v) is 15.2. The number of ether oxygens (including phenoxy) is 2. The molecule has 2 heterocycles. The number of rotatable bonds is 13. The number of phenols is 1. The highest BCUT2D eigenvalue weighted by Crippen LogP contribution is 2.39. The number of carboxylic acids is 1. The number of carbonyl (C=O) groups excluding carboxylic acids is 1. The van der Waals surface area contributed by atoms with Gasteiger partial charge in [-0.1, -0.05) is 48.2 Å². The van der Waals surface area contributed by atoms with E-state index >= 15 is 0 Å². The van der Waals surface area contributed by atoms with Crippen molar-refractivity contribution in [2.45, 2.75) is 62.4 Å². The second-order valence-corrected chi connectivity index (χ2v) is 11.3. The van der Waals surface area contributed by atoms with Crippen LogP contribution in [0.5, 0.6) is 5.75 Å². The molecule has 1 saturated heterocycles. The Hall–Kier alpha value is -4.30. The molecule has 0 saturated carbocycles. The summed E-state index contributed by atoms with van der Waals surface area (Å²) in [7, 11) is 0. The highest BCUT2D eigenvalue weighted by atomic mass is 32.2. The van der Waals surface area contributed by atoms with Gasteiger partial charge < -0.3 is 30.1 Å². The van der Waals surface area contributed by atoms with Crippen LogP contribution in [-0.2, 0) is 25.7 Å². The first-order valence-electron chi connectivity index (χ1n) is 14.2. The Labute approximate surface area is 258 Å². The summed E-state index contributed by atoms with van der Waals surface area (Å²) in [5.74, 6) is -0.349. The summed E-state index contributed by atoms with van der Waals surface area (Å²) in [6.45, 7) is -0.0439. The molecule has 13 heteroatoms. The molecule has 0 aliphatic carbocycles. The van der Waals surface area contributed by atoms with E-state index in [1.807, 2.05) is 36.4 Å². The highest BCUT2D eigenvalue weighted by molar-refractivity contribution is 7.99. The normalized spacial score (nSPS) is 18.2. The molecule has 0 bridgehead atoms. The smallest absolute Gasteiger partial charge is 0.303 e. The van der Waals surface area contributed by atoms with Gasteiger partial charge in [0.2, 0.25) is 11.1 Å². The van der Waals surface area contributed by atoms with Gasteiger partial charge in [-0.05, 0) is 70.8 Å². The third-order valence-electron chi connectivity index (χ3n) is 7.06. The Balaban J connectivity index is 1.27. The van der Waals surface area contributed by atoms with Crippen LogP contribution in [0.25, 0.3) is 5.69 Å². The molecular formula is C31H33N5O7S. The van der Waals surface area contributed by atoms with Crippen LogP contribution >= 0.6 is 11.8 Å². The number of carbonyl (C=O) groups is 2. The Bertz CT molecular complexity index is 1530. The lowest BCUT2D eigenvalue weighted by molar-refractivity contribution is -0.245. The van der Waals surface area contributed by atoms with Gasteiger partial charge >= 0.3 is 5.97 Å². The number of aromatic nitrogens is 4. The summed E-state index contributed by atoms with van der Waals surface area (Å²) in [6, 6.07) is 21.5. The van der Waals surface area contributed by atoms with Gasteiger partial charge in [0.15, 0.2) is 6.29 Å². The van der Waals surface area contributed by atoms with Crippen molar-refractivity contribution in [3.8, 4) is 11.4 Å². The lowest BCUT2D eigenvalue weighted by Gasteiger charge is -2.36. The summed E-state index contributed by atoms with van der Waals surface area (Å²) in [5, 5.41) is 43.4. The number of nitrogens with one attached hydrogen (secondary N) is 1. The zero-order valence-corrected chi connectivity index (χ0v) is 24.6. The molecule has 12 nitrogen and oxygen atoms in total. The van der Waals surface area contributed by atoms with Gasteiger partial charge in [-0.3, -0.25) is 9.59 Å². The molecule has 1 aliphatic rings. The molecule has 4 aromatic rings. The molecule has 1 amide bonds. The predicted molar refractivity (Wildman–Crippen MR) is 161 cm³/mol. The summed E-state index contributed by atoms with van der Waals surface area (Å²) >= 11 is 1.45. The van der Waals surface area contributed by atoms with Gasteiger partial charge in [0.05, 0.1) is 24.5 Å². The van der Waals surface area contributed by atoms with Crippen molar-refractivity contribution in [3.63, 3.8) is 0 Å². The molecule has 1 aromatic heterocycles. The lowest BCUT2D eigenvalue weighted by atomic mass is 10.0. The maximum Gasteiger partial charge on any atom is 0.303 e. The molecule has 0 radical (unpaired) electrons. The lowest BCUT2D eigenvalue weighted by Crippen LogP contribution is -2.31. The molecule has 44 heavy (non-hydrogen) atoms. The van der Waals surface area contributed by atoms with Crippen LogP contribution in [0.15, 0.2) is 78.0 Å². The first kappa shape index (κ1) is 31.1. The number of phenolic OH excluding ortho intramolecular Hbond substituents is 1. The third-order valence-corrected chi connectivity index (χ3v) is 8.11. The molecular weight excluding hydrogens is 586 g/mol. The number of aliphatic hydroxyl groups excluding tert-OH is 1. The number of hydrogen-bond donors (Lipinski definition) is 4. The van der Waals surface area contributed by atoms with E-state index in [0.717, 1.165) is 22.4 Å². The van der Waals surface area contributed by atoms with E-state index in [1.165, 1.54) is 11.8 Å². The second kappa shape index (κ2) is 14.9. The molecule has 5 rings (SSSR count). The fourth-order valence-electron chi connectivity index (χ4n) is 4.72. The van der Waals surface area contributed by atoms with E-state index in [9.17, 15) is 19.8 Å². The molecule has 3 atom stereocenters. The summed E-state index contributed by atoms with van der Waals surface area (Å²) in [6.07, 6.45) is 0.654. The monoisotopic (exact) mass is 619 g/mol. The zero-order chi connectivity index (χ0) is 30.9. The Kier molecular flexibility index (Phi) is 10.6. The van der Waals surface area contributed by atoms with Crippen molar-refractivity contribution in [1.82, 2.24) is 20.2 Å². The minimum Gasteiger partial charge on any atom is -0.508 e. The molecule has 0 unspecified atom stereocenters. The average Bonchev–Trinajstić information content (AvgIpc) is 3.51. The van der Waals surface area contributed by atoms with Gasteiger partial charge in [0.25, 0.3) is 0 Å². The number of tetrazole rings is 1. The number of carboxylic acid groups (broad SMARTS) is 1. The molecule has 230 valence electrons. The maximum atomic E-state index is 12.3. The quantitative estimate of drug-likeness (QED) is 0.120. The first-order chi connectivity index (χ1) is 21.4. The molecule has 1 aliphatic heterocycles. The van der Waals surface area contributed by atoms with E-state index in [4.69, 9.17) is 14.6 Å². The van der Waals surface area contributed by atoms with E-state index in [-0.39, 0.29) is 43.3 Å². The number of unbranched alkanes of at least 4 members (excludes halogenated alkanes) is 1. The van der Waals surface area contributed by atoms with Crippen LogP contribution in [0.1, 0.15) is 61.2 Å². The summed E-state index contributed by atoms with van der Waals surface area (Å²) < 4.78 is 14.4. The van der Waals surface area contributed by atoms with Crippen LogP contribution in [0, 0.1) is 0 Å². The van der Waals surface area contributed by atoms with Crippen LogP contribution in [0.3, 0.4) is 0 Å². The van der Waals surface area contributed by atoms with Crippen molar-refractivity contribution >= 4 is 29.3 Å². The fraction of sp³-hybridized carbons (Fsp3) is 0.323. The van der Waals surface area contributed by atoms with Crippen molar-refractivity contribution in [2.24, 2.45) is 0 Å². The van der Waals surface area contributed by atoms with E-state index < -0.39 is 12.3 Å². The van der Waals surface area contributed by atoms with Crippen molar-refractivity contribution in [2.75, 3.05) is 11.1 Å². The van der Waals surface area contributed by atoms with Gasteiger partial charge in [0.1, 0.15) is 5.75 Å². The number of hydrogen-bond acceptors (Lipinski definition) is 10. The number of thioether (sulfide) groups is 1. The third kappa shape index (κ3) is 8.41. The van der Waals surface area contributed by atoms with Crippen LogP contribution < -0.4 is 5.32 Å². The van der Waals surface area contributed by atoms with Crippen LogP contribution in [-0.4, -0.2) is 59.3 Å².